The van der Waals surface area contributed by atoms with Gasteiger partial charge >= 0.3 is 0 Å². The molecule has 54 heavy (non-hydrogen) atoms. The summed E-state index contributed by atoms with van der Waals surface area (Å²) < 4.78 is 25.6. The molecule has 1 amide bonds. The molecule has 2 aromatic heterocycles. The van der Waals surface area contributed by atoms with Gasteiger partial charge in [0, 0.05) is 74.4 Å². The normalized spacial score (nSPS) is 11.2. The summed E-state index contributed by atoms with van der Waals surface area (Å²) in [7, 11) is 10.0. The molecule has 11 heteroatoms. The minimum atomic E-state index is 0.0818. The Morgan fingerprint density at radius 3 is 1.50 bits per heavy atom. The molecule has 4 rings (SSSR count). The van der Waals surface area contributed by atoms with E-state index in [1.807, 2.05) is 60.9 Å². The number of nitrogens with zero attached hydrogens (tertiary/aromatic N) is 2. The molecule has 0 saturated carbocycles. The number of carbonyl (C=O) groups is 2. The van der Waals surface area contributed by atoms with Crippen molar-refractivity contribution in [2.45, 2.75) is 51.6 Å². The summed E-state index contributed by atoms with van der Waals surface area (Å²) in [6, 6.07) is 19.9. The molecule has 286 valence electrons. The van der Waals surface area contributed by atoms with E-state index in [9.17, 15) is 9.59 Å². The molecule has 4 aromatic rings. The predicted molar refractivity (Wildman–Crippen MR) is 221 cm³/mol. The van der Waals surface area contributed by atoms with E-state index in [1.165, 1.54) is 0 Å². The van der Waals surface area contributed by atoms with Crippen LogP contribution in [0.3, 0.4) is 0 Å². The van der Waals surface area contributed by atoms with Gasteiger partial charge < -0.3 is 24.3 Å². The van der Waals surface area contributed by atoms with E-state index in [0.717, 1.165) is 66.1 Å². The number of carbonyl (C=O) groups excluding carboxylic acids is 2. The van der Waals surface area contributed by atoms with Crippen LogP contribution in [0.1, 0.15) is 60.8 Å². The van der Waals surface area contributed by atoms with Crippen molar-refractivity contribution in [3.63, 3.8) is 0 Å². The van der Waals surface area contributed by atoms with Gasteiger partial charge in [-0.1, -0.05) is 58.0 Å². The van der Waals surface area contributed by atoms with E-state index in [1.54, 1.807) is 50.0 Å². The highest BCUT2D eigenvalue weighted by Gasteiger charge is 2.08. The maximum atomic E-state index is 12.4. The monoisotopic (exact) mass is 771 g/mol. The average Bonchev–Trinajstić information content (AvgIpc) is 3.20. The van der Waals surface area contributed by atoms with Crippen LogP contribution in [0.15, 0.2) is 85.5 Å². The zero-order valence-electron chi connectivity index (χ0n) is 31.8. The summed E-state index contributed by atoms with van der Waals surface area (Å²) in [4.78, 5) is 24.7. The number of amides is 1. The van der Waals surface area contributed by atoms with Crippen molar-refractivity contribution in [1.82, 2.24) is 5.32 Å². The van der Waals surface area contributed by atoms with Crippen LogP contribution in [0.25, 0.3) is 24.3 Å². The molecular formula is C43H53N3O6S2+2. The molecule has 0 aliphatic rings. The standard InChI is InChI=1S/C43H52N3O6S2/c1-49-39-17-15-36(32-41(39)51-3)13-11-34-19-26-45(27-20-34)24-5-8-38(47)9-7-30-53-54-31-23-44-43(48)10-6-25-46-28-21-35(22-29-46)12-14-37-16-18-40(50-2)42(33-37)52-4/h11-22,26-29,32-33H,5-10,23-25,30-31H2,1-4H3/q+1/p+1/b13-11+,14-12+. The number of pyridine rings is 2. The minimum Gasteiger partial charge on any atom is -0.493 e. The highest BCUT2D eigenvalue weighted by Crippen LogP contribution is 2.29. The molecule has 0 bridgehead atoms. The van der Waals surface area contributed by atoms with Crippen LogP contribution in [0, 0.1) is 0 Å². The van der Waals surface area contributed by atoms with Gasteiger partial charge in [0.15, 0.2) is 47.8 Å². The lowest BCUT2D eigenvalue weighted by atomic mass is 10.1. The second kappa shape index (κ2) is 23.8. The third-order valence-corrected chi connectivity index (χ3v) is 11.0. The van der Waals surface area contributed by atoms with Crippen molar-refractivity contribution in [3.05, 3.63) is 108 Å². The molecule has 0 aliphatic carbocycles. The first kappa shape index (κ1) is 42.0. The fourth-order valence-electron chi connectivity index (χ4n) is 5.53. The number of nitrogens with one attached hydrogen (secondary N) is 1. The van der Waals surface area contributed by atoms with Gasteiger partial charge in [0.25, 0.3) is 0 Å². The van der Waals surface area contributed by atoms with Crippen molar-refractivity contribution in [1.29, 1.82) is 0 Å². The van der Waals surface area contributed by atoms with E-state index in [0.29, 0.717) is 54.6 Å². The maximum absolute atomic E-state index is 12.4. The zero-order chi connectivity index (χ0) is 38.4. The maximum Gasteiger partial charge on any atom is 0.220 e. The molecule has 2 aromatic carbocycles. The lowest BCUT2D eigenvalue weighted by Gasteiger charge is -2.07. The molecule has 0 fully saturated rings. The third kappa shape index (κ3) is 14.9. The van der Waals surface area contributed by atoms with E-state index in [4.69, 9.17) is 18.9 Å². The summed E-state index contributed by atoms with van der Waals surface area (Å²) in [5.74, 6) is 5.00. The van der Waals surface area contributed by atoms with Gasteiger partial charge in [0.1, 0.15) is 18.9 Å². The molecule has 0 radical (unpaired) electrons. The van der Waals surface area contributed by atoms with Crippen LogP contribution < -0.4 is 33.4 Å². The van der Waals surface area contributed by atoms with E-state index >= 15 is 0 Å². The number of hydrogen-bond donors (Lipinski definition) is 1. The van der Waals surface area contributed by atoms with Crippen LogP contribution in [0.2, 0.25) is 0 Å². The minimum absolute atomic E-state index is 0.0818. The SMILES string of the molecule is COc1ccc(/C=C/c2cc[n+](CCCC(=O)CCCSSCCNC(=O)CCC[n+]3ccc(/C=C/c4ccc(OC)c(OC)c4)cc3)cc2)cc1OC. The first-order chi connectivity index (χ1) is 26.4. The van der Waals surface area contributed by atoms with Crippen LogP contribution in [-0.2, 0) is 22.7 Å². The number of rotatable bonds is 24. The first-order valence-electron chi connectivity index (χ1n) is 18.2. The van der Waals surface area contributed by atoms with Crippen LogP contribution >= 0.6 is 21.6 Å². The van der Waals surface area contributed by atoms with Gasteiger partial charge in [-0.05, 0) is 52.9 Å². The Kier molecular flexibility index (Phi) is 18.5. The molecule has 0 spiro atoms. The smallest absolute Gasteiger partial charge is 0.220 e. The van der Waals surface area contributed by atoms with Crippen molar-refractivity contribution in [3.8, 4) is 23.0 Å². The topological polar surface area (TPSA) is 90.9 Å². The molecule has 0 unspecified atom stereocenters. The van der Waals surface area contributed by atoms with Crippen molar-refractivity contribution < 1.29 is 37.7 Å². The summed E-state index contributed by atoms with van der Waals surface area (Å²) in [5.41, 5.74) is 4.24. The highest BCUT2D eigenvalue weighted by atomic mass is 33.1. The summed E-state index contributed by atoms with van der Waals surface area (Å²) in [6.45, 7) is 2.25. The lowest BCUT2D eigenvalue weighted by Crippen LogP contribution is -2.34. The Balaban J connectivity index is 0.983. The summed E-state index contributed by atoms with van der Waals surface area (Å²) in [6.07, 6.45) is 20.6. The molecule has 0 atom stereocenters. The molecule has 0 aliphatic heterocycles. The summed E-state index contributed by atoms with van der Waals surface area (Å²) >= 11 is 0. The van der Waals surface area contributed by atoms with E-state index in [2.05, 4.69) is 63.3 Å². The van der Waals surface area contributed by atoms with Crippen LogP contribution in [0.5, 0.6) is 23.0 Å². The fourth-order valence-corrected chi connectivity index (χ4v) is 7.52. The average molecular weight is 772 g/mol. The van der Waals surface area contributed by atoms with Gasteiger partial charge in [-0.2, -0.15) is 0 Å². The Bertz CT molecular complexity index is 1680. The lowest BCUT2D eigenvalue weighted by molar-refractivity contribution is -0.697. The van der Waals surface area contributed by atoms with Crippen LogP contribution in [0.4, 0.5) is 0 Å². The van der Waals surface area contributed by atoms with Gasteiger partial charge in [0.05, 0.1) is 28.4 Å². The molecule has 1 N–H and O–H groups in total. The Morgan fingerprint density at radius 1 is 0.556 bits per heavy atom. The Hall–Kier alpha value is -4.74. The number of ether oxygens (including phenoxy) is 4. The molecule has 9 nitrogen and oxygen atoms in total. The first-order valence-corrected chi connectivity index (χ1v) is 20.7. The molecule has 0 saturated heterocycles. The van der Waals surface area contributed by atoms with Gasteiger partial charge in [-0.15, -0.1) is 0 Å². The number of aromatic nitrogens is 2. The number of ketones is 1. The molecule has 2 heterocycles. The number of benzene rings is 2. The van der Waals surface area contributed by atoms with Gasteiger partial charge in [0.2, 0.25) is 5.91 Å². The van der Waals surface area contributed by atoms with Crippen molar-refractivity contribution in [2.75, 3.05) is 46.5 Å². The third-order valence-electron chi connectivity index (χ3n) is 8.55. The van der Waals surface area contributed by atoms with Crippen LogP contribution in [-0.4, -0.2) is 58.2 Å². The number of methoxy groups -OCH3 is 4. The zero-order valence-corrected chi connectivity index (χ0v) is 33.5. The highest BCUT2D eigenvalue weighted by molar-refractivity contribution is 8.76. The van der Waals surface area contributed by atoms with Crippen molar-refractivity contribution in [2.24, 2.45) is 0 Å². The number of hydrogen-bond acceptors (Lipinski definition) is 8. The molecular weight excluding hydrogens is 719 g/mol. The largest absolute Gasteiger partial charge is 0.493 e. The van der Waals surface area contributed by atoms with E-state index in [-0.39, 0.29) is 5.91 Å². The van der Waals surface area contributed by atoms with Gasteiger partial charge in [-0.25, -0.2) is 9.13 Å². The van der Waals surface area contributed by atoms with Gasteiger partial charge in [-0.3, -0.25) is 9.59 Å². The van der Waals surface area contributed by atoms with Crippen molar-refractivity contribution >= 4 is 57.6 Å². The second-order valence-corrected chi connectivity index (χ2v) is 15.2. The fraction of sp³-hybridized carbons (Fsp3) is 0.349. The Morgan fingerprint density at radius 2 is 1.00 bits per heavy atom. The quantitative estimate of drug-likeness (QED) is 0.0440. The second-order valence-electron chi connectivity index (χ2n) is 12.5. The number of Topliss-reactive ketones (excluding diaryl/α,β-unsaturated/α-hetero) is 1. The predicted octanol–water partition coefficient (Wildman–Crippen LogP) is 7.74. The Labute approximate surface area is 328 Å². The summed E-state index contributed by atoms with van der Waals surface area (Å²) in [5, 5.41) is 3.02. The van der Waals surface area contributed by atoms with E-state index < -0.39 is 0 Å². The number of aryl methyl sites for hydroxylation is 2.